The number of aliphatic hydroxyl groups excluding tert-OH is 1. The van der Waals surface area contributed by atoms with Gasteiger partial charge in [0.15, 0.2) is 0 Å². The number of rotatable bonds is 4. The van der Waals surface area contributed by atoms with Crippen molar-refractivity contribution in [3.63, 3.8) is 0 Å². The van der Waals surface area contributed by atoms with Gasteiger partial charge in [-0.2, -0.15) is 0 Å². The van der Waals surface area contributed by atoms with Crippen molar-refractivity contribution in [3.8, 4) is 0 Å². The highest BCUT2D eigenvalue weighted by Gasteiger charge is 2.10. The Kier molecular flexibility index (Phi) is 3.75. The lowest BCUT2D eigenvalue weighted by atomic mass is 10.0. The predicted molar refractivity (Wildman–Crippen MR) is 68.8 cm³/mol. The third kappa shape index (κ3) is 2.52. The van der Waals surface area contributed by atoms with E-state index in [4.69, 9.17) is 0 Å². The van der Waals surface area contributed by atoms with Gasteiger partial charge in [0.05, 0.1) is 0 Å². The maximum Gasteiger partial charge on any atom is 0.113 e. The Balaban J connectivity index is 2.15. The molecule has 0 radical (unpaired) electrons. The molecule has 1 aromatic heterocycles. The fourth-order valence-corrected chi connectivity index (χ4v) is 2.50. The van der Waals surface area contributed by atoms with Crippen molar-refractivity contribution in [1.29, 1.82) is 0 Å². The fraction of sp³-hybridized carbons (Fsp3) is 0.286. The Bertz CT molecular complexity index is 417. The van der Waals surface area contributed by atoms with Crippen LogP contribution in [0.2, 0.25) is 0 Å². The zero-order valence-corrected chi connectivity index (χ0v) is 10.2. The van der Waals surface area contributed by atoms with Crippen molar-refractivity contribution in [1.82, 2.24) is 0 Å². The van der Waals surface area contributed by atoms with Gasteiger partial charge in [0.2, 0.25) is 0 Å². The number of hydrogen-bond acceptors (Lipinski definition) is 2. The molecule has 1 unspecified atom stereocenters. The summed E-state index contributed by atoms with van der Waals surface area (Å²) in [4.78, 5) is 1.00. The molecule has 1 heterocycles. The number of hydrogen-bond donors (Lipinski definition) is 1. The maximum absolute atomic E-state index is 10.1. The molecule has 2 heteroatoms. The summed E-state index contributed by atoms with van der Waals surface area (Å²) in [7, 11) is 0. The van der Waals surface area contributed by atoms with E-state index in [0.717, 1.165) is 23.3 Å². The molecule has 0 saturated heterocycles. The van der Waals surface area contributed by atoms with E-state index in [9.17, 15) is 5.11 Å². The Labute approximate surface area is 100 Å². The van der Waals surface area contributed by atoms with Crippen LogP contribution in [0.1, 0.15) is 35.5 Å². The average molecular weight is 232 g/mol. The zero-order valence-electron chi connectivity index (χ0n) is 9.39. The molecular weight excluding hydrogens is 216 g/mol. The molecule has 1 nitrogen and oxygen atoms in total. The second-order valence-electron chi connectivity index (χ2n) is 3.91. The molecule has 1 N–H and O–H groups in total. The average Bonchev–Trinajstić information content (AvgIpc) is 2.83. The summed E-state index contributed by atoms with van der Waals surface area (Å²) >= 11 is 1.59. The highest BCUT2D eigenvalue weighted by Crippen LogP contribution is 2.25. The predicted octanol–water partition coefficient (Wildman–Crippen LogP) is 3.78. The highest BCUT2D eigenvalue weighted by molar-refractivity contribution is 7.10. The summed E-state index contributed by atoms with van der Waals surface area (Å²) in [6, 6.07) is 12.2. The summed E-state index contributed by atoms with van der Waals surface area (Å²) in [6.45, 7) is 2.18. The van der Waals surface area contributed by atoms with Crippen LogP contribution in [-0.4, -0.2) is 5.11 Å². The Morgan fingerprint density at radius 1 is 1.19 bits per heavy atom. The van der Waals surface area contributed by atoms with Crippen LogP contribution in [0.5, 0.6) is 0 Å². The van der Waals surface area contributed by atoms with Gasteiger partial charge >= 0.3 is 0 Å². The summed E-state index contributed by atoms with van der Waals surface area (Å²) in [5.74, 6) is 0. The standard InChI is InChI=1S/C14H16OS/c1-2-4-11-6-8-12(9-7-11)14(15)13-5-3-10-16-13/h3,5-10,14-15H,2,4H2,1H3. The first kappa shape index (κ1) is 11.4. The van der Waals surface area contributed by atoms with E-state index in [1.165, 1.54) is 5.56 Å². The van der Waals surface area contributed by atoms with E-state index in [1.807, 2.05) is 29.6 Å². The number of thiophene rings is 1. The molecule has 2 rings (SSSR count). The summed E-state index contributed by atoms with van der Waals surface area (Å²) < 4.78 is 0. The Morgan fingerprint density at radius 2 is 1.94 bits per heavy atom. The monoisotopic (exact) mass is 232 g/mol. The molecule has 0 aliphatic carbocycles. The highest BCUT2D eigenvalue weighted by atomic mass is 32.1. The van der Waals surface area contributed by atoms with E-state index >= 15 is 0 Å². The van der Waals surface area contributed by atoms with Gasteiger partial charge in [-0.1, -0.05) is 43.7 Å². The third-order valence-electron chi connectivity index (χ3n) is 2.65. The molecule has 16 heavy (non-hydrogen) atoms. The molecule has 0 bridgehead atoms. The van der Waals surface area contributed by atoms with Crippen LogP contribution in [0.15, 0.2) is 41.8 Å². The van der Waals surface area contributed by atoms with Crippen molar-refractivity contribution in [2.45, 2.75) is 25.9 Å². The van der Waals surface area contributed by atoms with Gasteiger partial charge in [-0.15, -0.1) is 11.3 Å². The minimum atomic E-state index is -0.476. The lowest BCUT2D eigenvalue weighted by Crippen LogP contribution is -1.97. The van der Waals surface area contributed by atoms with Gasteiger partial charge in [0.1, 0.15) is 6.10 Å². The van der Waals surface area contributed by atoms with Crippen LogP contribution in [-0.2, 0) is 6.42 Å². The first-order chi connectivity index (χ1) is 7.81. The number of aryl methyl sites for hydroxylation is 1. The lowest BCUT2D eigenvalue weighted by molar-refractivity contribution is 0.224. The fourth-order valence-electron chi connectivity index (χ4n) is 1.77. The molecule has 0 aliphatic heterocycles. The minimum Gasteiger partial charge on any atom is -0.383 e. The van der Waals surface area contributed by atoms with Gasteiger partial charge in [-0.25, -0.2) is 0 Å². The van der Waals surface area contributed by atoms with Gasteiger partial charge in [0, 0.05) is 4.88 Å². The maximum atomic E-state index is 10.1. The van der Waals surface area contributed by atoms with E-state index in [-0.39, 0.29) is 0 Å². The molecule has 0 aliphatic rings. The van der Waals surface area contributed by atoms with Crippen molar-refractivity contribution in [2.24, 2.45) is 0 Å². The van der Waals surface area contributed by atoms with Crippen LogP contribution < -0.4 is 0 Å². The molecular formula is C14H16OS. The first-order valence-electron chi connectivity index (χ1n) is 5.61. The van der Waals surface area contributed by atoms with Gasteiger partial charge in [0.25, 0.3) is 0 Å². The molecule has 0 amide bonds. The van der Waals surface area contributed by atoms with Gasteiger partial charge in [-0.05, 0) is 29.0 Å². The van der Waals surface area contributed by atoms with Crippen LogP contribution in [0.3, 0.4) is 0 Å². The summed E-state index contributed by atoms with van der Waals surface area (Å²) in [5, 5.41) is 12.1. The third-order valence-corrected chi connectivity index (χ3v) is 3.57. The molecule has 0 spiro atoms. The number of aliphatic hydroxyl groups is 1. The minimum absolute atomic E-state index is 0.476. The van der Waals surface area contributed by atoms with Gasteiger partial charge in [-0.3, -0.25) is 0 Å². The zero-order chi connectivity index (χ0) is 11.4. The van der Waals surface area contributed by atoms with Gasteiger partial charge < -0.3 is 5.11 Å². The summed E-state index contributed by atoms with van der Waals surface area (Å²) in [5.41, 5.74) is 2.31. The second kappa shape index (κ2) is 5.28. The quantitative estimate of drug-likeness (QED) is 0.850. The summed E-state index contributed by atoms with van der Waals surface area (Å²) in [6.07, 6.45) is 1.79. The number of benzene rings is 1. The molecule has 2 aromatic rings. The van der Waals surface area contributed by atoms with Crippen LogP contribution in [0.25, 0.3) is 0 Å². The Morgan fingerprint density at radius 3 is 2.50 bits per heavy atom. The smallest absolute Gasteiger partial charge is 0.113 e. The van der Waals surface area contributed by atoms with E-state index in [0.29, 0.717) is 0 Å². The van der Waals surface area contributed by atoms with E-state index < -0.39 is 6.10 Å². The lowest BCUT2D eigenvalue weighted by Gasteiger charge is -2.09. The first-order valence-corrected chi connectivity index (χ1v) is 6.49. The van der Waals surface area contributed by atoms with E-state index in [2.05, 4.69) is 19.1 Å². The molecule has 1 aromatic carbocycles. The molecule has 0 saturated carbocycles. The molecule has 0 fully saturated rings. The van der Waals surface area contributed by atoms with Crippen molar-refractivity contribution in [2.75, 3.05) is 0 Å². The van der Waals surface area contributed by atoms with Crippen molar-refractivity contribution in [3.05, 3.63) is 57.8 Å². The second-order valence-corrected chi connectivity index (χ2v) is 4.89. The topological polar surface area (TPSA) is 20.2 Å². The van der Waals surface area contributed by atoms with Crippen LogP contribution in [0.4, 0.5) is 0 Å². The van der Waals surface area contributed by atoms with E-state index in [1.54, 1.807) is 11.3 Å². The Hall–Kier alpha value is -1.12. The van der Waals surface area contributed by atoms with Crippen molar-refractivity contribution < 1.29 is 5.11 Å². The normalized spacial score (nSPS) is 12.6. The van der Waals surface area contributed by atoms with Crippen LogP contribution >= 0.6 is 11.3 Å². The van der Waals surface area contributed by atoms with Crippen LogP contribution in [0, 0.1) is 0 Å². The molecule has 84 valence electrons. The SMILES string of the molecule is CCCc1ccc(C(O)c2cccs2)cc1. The largest absolute Gasteiger partial charge is 0.383 e. The van der Waals surface area contributed by atoms with Crippen molar-refractivity contribution >= 4 is 11.3 Å². The molecule has 1 atom stereocenters.